The summed E-state index contributed by atoms with van der Waals surface area (Å²) in [6, 6.07) is 18.6. The van der Waals surface area contributed by atoms with E-state index in [0.29, 0.717) is 4.31 Å². The molecule has 3 rings (SSSR count). The summed E-state index contributed by atoms with van der Waals surface area (Å²) in [5.74, 6) is -2.73. The molecule has 1 N–H and O–H groups in total. The Morgan fingerprint density at radius 2 is 1.43 bits per heavy atom. The van der Waals surface area contributed by atoms with Crippen molar-refractivity contribution in [2.45, 2.75) is 38.9 Å². The van der Waals surface area contributed by atoms with Crippen molar-refractivity contribution in [3.63, 3.8) is 0 Å². The Hall–Kier alpha value is -3.83. The molecule has 214 valence electrons. The molecule has 0 saturated carbocycles. The summed E-state index contributed by atoms with van der Waals surface area (Å²) in [6.07, 6.45) is 0.0831. The quantitative estimate of drug-likeness (QED) is 0.358. The zero-order chi connectivity index (χ0) is 29.4. The Labute approximate surface area is 234 Å². The first-order chi connectivity index (χ1) is 18.9. The first-order valence-corrected chi connectivity index (χ1v) is 14.1. The molecule has 11 heteroatoms. The van der Waals surface area contributed by atoms with Gasteiger partial charge < -0.3 is 10.2 Å². The lowest BCUT2D eigenvalue weighted by molar-refractivity contribution is -0.140. The molecule has 40 heavy (non-hydrogen) atoms. The number of halogens is 2. The van der Waals surface area contributed by atoms with Gasteiger partial charge in [0.05, 0.1) is 5.69 Å². The van der Waals surface area contributed by atoms with Crippen LogP contribution in [0.2, 0.25) is 0 Å². The van der Waals surface area contributed by atoms with Gasteiger partial charge in [-0.3, -0.25) is 9.59 Å². The Morgan fingerprint density at radius 1 is 0.850 bits per heavy atom. The van der Waals surface area contributed by atoms with Crippen LogP contribution in [0.3, 0.4) is 0 Å². The largest absolute Gasteiger partial charge is 0.352 e. The highest BCUT2D eigenvalue weighted by molar-refractivity contribution is 7.90. The molecule has 0 bridgehead atoms. The zero-order valence-electron chi connectivity index (χ0n) is 22.9. The summed E-state index contributed by atoms with van der Waals surface area (Å²) in [6.45, 7) is 2.39. The molecule has 2 amide bonds. The van der Waals surface area contributed by atoms with Crippen LogP contribution in [0.1, 0.15) is 25.0 Å². The standard InChI is InChI=1S/C29H34F2N4O4S/c1-21(2)32-29(37)27(18-22-12-6-5-7-13-22)34(19-23-14-8-9-15-24(23)30)28(36)20-35(40(38,39)33(3)4)26-17-11-10-16-25(26)31/h5-17,21,27H,18-20H2,1-4H3,(H,32,37)/t27-/m1/s1. The minimum atomic E-state index is -4.34. The lowest BCUT2D eigenvalue weighted by Gasteiger charge is -2.34. The number of carbonyl (C=O) groups excluding carboxylic acids is 2. The van der Waals surface area contributed by atoms with E-state index in [1.165, 1.54) is 50.5 Å². The monoisotopic (exact) mass is 572 g/mol. The number of anilines is 1. The van der Waals surface area contributed by atoms with Crippen LogP contribution in [-0.2, 0) is 32.8 Å². The van der Waals surface area contributed by atoms with Crippen LogP contribution in [0.5, 0.6) is 0 Å². The normalized spacial score (nSPS) is 12.3. The highest BCUT2D eigenvalue weighted by Gasteiger charge is 2.36. The minimum absolute atomic E-state index is 0.0831. The van der Waals surface area contributed by atoms with Gasteiger partial charge in [-0.15, -0.1) is 0 Å². The maximum absolute atomic E-state index is 14.8. The van der Waals surface area contributed by atoms with Gasteiger partial charge >= 0.3 is 10.2 Å². The van der Waals surface area contributed by atoms with Gasteiger partial charge in [0.2, 0.25) is 11.8 Å². The van der Waals surface area contributed by atoms with Crippen LogP contribution in [0.25, 0.3) is 0 Å². The topological polar surface area (TPSA) is 90.0 Å². The summed E-state index contributed by atoms with van der Waals surface area (Å²) in [5.41, 5.74) is 0.547. The second kappa shape index (κ2) is 13.5. The zero-order valence-corrected chi connectivity index (χ0v) is 23.7. The van der Waals surface area contributed by atoms with Gasteiger partial charge in [-0.25, -0.2) is 13.1 Å². The molecule has 0 aliphatic carbocycles. The van der Waals surface area contributed by atoms with E-state index in [-0.39, 0.29) is 30.3 Å². The van der Waals surface area contributed by atoms with E-state index in [9.17, 15) is 26.8 Å². The first kappa shape index (κ1) is 30.7. The highest BCUT2D eigenvalue weighted by Crippen LogP contribution is 2.24. The van der Waals surface area contributed by atoms with Crippen LogP contribution in [-0.4, -0.2) is 62.2 Å². The smallest absolute Gasteiger partial charge is 0.304 e. The fourth-order valence-electron chi connectivity index (χ4n) is 4.10. The summed E-state index contributed by atoms with van der Waals surface area (Å²) in [5, 5.41) is 2.81. The second-order valence-corrected chi connectivity index (χ2v) is 11.8. The van der Waals surface area contributed by atoms with Crippen molar-refractivity contribution in [3.8, 4) is 0 Å². The molecule has 0 saturated heterocycles. The lowest BCUT2D eigenvalue weighted by atomic mass is 10.0. The number of amides is 2. The molecular weight excluding hydrogens is 538 g/mol. The minimum Gasteiger partial charge on any atom is -0.352 e. The molecule has 0 aromatic heterocycles. The third-order valence-electron chi connectivity index (χ3n) is 6.14. The van der Waals surface area contributed by atoms with Crippen LogP contribution >= 0.6 is 0 Å². The Kier molecular flexibility index (Phi) is 10.4. The molecule has 0 fully saturated rings. The number of carbonyl (C=O) groups is 2. The molecule has 3 aromatic carbocycles. The van der Waals surface area contributed by atoms with Gasteiger partial charge in [-0.1, -0.05) is 60.7 Å². The molecule has 3 aromatic rings. The molecule has 0 unspecified atom stereocenters. The van der Waals surface area contributed by atoms with E-state index in [0.717, 1.165) is 20.8 Å². The predicted octanol–water partition coefficient (Wildman–Crippen LogP) is 3.74. The molecule has 1 atom stereocenters. The van der Waals surface area contributed by atoms with Gasteiger partial charge in [-0.05, 0) is 37.6 Å². The second-order valence-electron chi connectivity index (χ2n) is 9.73. The van der Waals surface area contributed by atoms with E-state index in [1.807, 2.05) is 6.07 Å². The predicted molar refractivity (Wildman–Crippen MR) is 151 cm³/mol. The van der Waals surface area contributed by atoms with Crippen LogP contribution in [0, 0.1) is 11.6 Å². The lowest BCUT2D eigenvalue weighted by Crippen LogP contribution is -2.55. The number of benzene rings is 3. The summed E-state index contributed by atoms with van der Waals surface area (Å²) in [7, 11) is -1.82. The highest BCUT2D eigenvalue weighted by atomic mass is 32.2. The number of hydrogen-bond acceptors (Lipinski definition) is 4. The average molecular weight is 573 g/mol. The van der Waals surface area contributed by atoms with Gasteiger partial charge in [0, 0.05) is 38.7 Å². The van der Waals surface area contributed by atoms with Crippen molar-refractivity contribution in [1.82, 2.24) is 14.5 Å². The molecule has 0 radical (unpaired) electrons. The van der Waals surface area contributed by atoms with Crippen LogP contribution in [0.15, 0.2) is 78.9 Å². The van der Waals surface area contributed by atoms with Crippen molar-refractivity contribution in [2.75, 3.05) is 24.9 Å². The van der Waals surface area contributed by atoms with Crippen molar-refractivity contribution in [2.24, 2.45) is 0 Å². The van der Waals surface area contributed by atoms with Crippen molar-refractivity contribution in [3.05, 3.63) is 102 Å². The number of para-hydroxylation sites is 1. The Balaban J connectivity index is 2.12. The van der Waals surface area contributed by atoms with E-state index < -0.39 is 46.2 Å². The molecule has 0 heterocycles. The van der Waals surface area contributed by atoms with E-state index in [4.69, 9.17) is 0 Å². The van der Waals surface area contributed by atoms with Gasteiger partial charge in [0.1, 0.15) is 24.2 Å². The summed E-state index contributed by atoms with van der Waals surface area (Å²) in [4.78, 5) is 28.7. The molecule has 0 aliphatic rings. The van der Waals surface area contributed by atoms with Gasteiger partial charge in [0.15, 0.2) is 0 Å². The van der Waals surface area contributed by atoms with Crippen molar-refractivity contribution < 1.29 is 26.8 Å². The summed E-state index contributed by atoms with van der Waals surface area (Å²) >= 11 is 0. The number of rotatable bonds is 12. The number of hydrogen-bond donors (Lipinski definition) is 1. The number of nitrogens with zero attached hydrogens (tertiary/aromatic N) is 3. The average Bonchev–Trinajstić information content (AvgIpc) is 2.90. The van der Waals surface area contributed by atoms with E-state index >= 15 is 0 Å². The fourth-order valence-corrected chi connectivity index (χ4v) is 5.17. The first-order valence-electron chi connectivity index (χ1n) is 12.7. The third kappa shape index (κ3) is 7.64. The van der Waals surface area contributed by atoms with Gasteiger partial charge in [-0.2, -0.15) is 12.7 Å². The van der Waals surface area contributed by atoms with E-state index in [2.05, 4.69) is 5.32 Å². The Morgan fingerprint density at radius 3 is 2.00 bits per heavy atom. The maximum Gasteiger partial charge on any atom is 0.304 e. The molecule has 0 spiro atoms. The molecule has 0 aliphatic heterocycles. The maximum atomic E-state index is 14.8. The molecular formula is C29H34F2N4O4S. The van der Waals surface area contributed by atoms with E-state index in [1.54, 1.807) is 44.2 Å². The fraction of sp³-hybridized carbons (Fsp3) is 0.310. The van der Waals surface area contributed by atoms with Gasteiger partial charge in [0.25, 0.3) is 0 Å². The summed E-state index contributed by atoms with van der Waals surface area (Å²) < 4.78 is 57.7. The van der Waals surface area contributed by atoms with Crippen LogP contribution < -0.4 is 9.62 Å². The van der Waals surface area contributed by atoms with Crippen molar-refractivity contribution >= 4 is 27.7 Å². The molecule has 8 nitrogen and oxygen atoms in total. The third-order valence-corrected chi connectivity index (χ3v) is 7.95. The SMILES string of the molecule is CC(C)NC(=O)[C@@H](Cc1ccccc1)N(Cc1ccccc1F)C(=O)CN(c1ccccc1F)S(=O)(=O)N(C)C. The Bertz CT molecular complexity index is 1420. The number of nitrogens with one attached hydrogen (secondary N) is 1. The van der Waals surface area contributed by atoms with Crippen molar-refractivity contribution in [1.29, 1.82) is 0 Å². The van der Waals surface area contributed by atoms with Crippen LogP contribution in [0.4, 0.5) is 14.5 Å².